The SMILES string of the molecule is c1ccc(-c2cc(-c3ccccc3)nc(-n3c4ccccc4c4ccc5c(c6c(ccc7c8ccccc8n(-c8ccccc8)c76)n5-c5ccccc5)c43)n2)cc1. The second kappa shape index (κ2) is 12.4. The molecule has 8 aromatic carbocycles. The quantitative estimate of drug-likeness (QED) is 0.177. The van der Waals surface area contributed by atoms with Crippen LogP contribution in [0.25, 0.3) is 105 Å². The lowest BCUT2D eigenvalue weighted by Crippen LogP contribution is -2.04. The number of benzene rings is 8. The first-order valence-corrected chi connectivity index (χ1v) is 19.4. The van der Waals surface area contributed by atoms with Crippen molar-refractivity contribution in [2.75, 3.05) is 0 Å². The summed E-state index contributed by atoms with van der Waals surface area (Å²) in [6, 6.07) is 71.1. The Morgan fingerprint density at radius 3 is 1.21 bits per heavy atom. The molecule has 12 aromatic rings. The third-order valence-electron chi connectivity index (χ3n) is 11.4. The number of fused-ring (bicyclic) bond motifs is 11. The van der Waals surface area contributed by atoms with Crippen LogP contribution in [0.4, 0.5) is 0 Å². The number of aromatic nitrogens is 5. The van der Waals surface area contributed by atoms with Gasteiger partial charge in [-0.15, -0.1) is 0 Å². The van der Waals surface area contributed by atoms with E-state index >= 15 is 0 Å². The highest BCUT2D eigenvalue weighted by Crippen LogP contribution is 2.46. The molecule has 5 heteroatoms. The number of nitrogens with zero attached hydrogens (tertiary/aromatic N) is 5. The largest absolute Gasteiger partial charge is 0.309 e. The standard InChI is InChI=1S/C52H33N5/c1-5-17-34(18-6-1)42-33-43(35-19-7-2-8-20-35)54-52(53-42)57-45-28-16-14-26-39(45)41-30-32-47-49(51(41)57)48-46(55(47)36-21-9-3-10-22-36)31-29-40-38-25-13-15-27-44(38)56(50(40)48)37-23-11-4-12-24-37/h1-33H. The van der Waals surface area contributed by atoms with Crippen LogP contribution in [0.1, 0.15) is 0 Å². The van der Waals surface area contributed by atoms with Crippen molar-refractivity contribution in [2.24, 2.45) is 0 Å². The number of rotatable bonds is 5. The lowest BCUT2D eigenvalue weighted by atomic mass is 10.0. The predicted molar refractivity (Wildman–Crippen MR) is 236 cm³/mol. The first-order valence-electron chi connectivity index (χ1n) is 19.4. The van der Waals surface area contributed by atoms with Crippen LogP contribution in [0.3, 0.4) is 0 Å². The van der Waals surface area contributed by atoms with Crippen molar-refractivity contribution in [2.45, 2.75) is 0 Å². The van der Waals surface area contributed by atoms with Crippen LogP contribution in [0.2, 0.25) is 0 Å². The van der Waals surface area contributed by atoms with Gasteiger partial charge in [0.25, 0.3) is 0 Å². The maximum absolute atomic E-state index is 5.43. The molecule has 4 aromatic heterocycles. The number of hydrogen-bond donors (Lipinski definition) is 0. The molecule has 0 aliphatic heterocycles. The topological polar surface area (TPSA) is 40.6 Å². The fraction of sp³-hybridized carbons (Fsp3) is 0. The third kappa shape index (κ3) is 4.69. The van der Waals surface area contributed by atoms with Crippen molar-refractivity contribution in [3.63, 3.8) is 0 Å². The average Bonchev–Trinajstić information content (AvgIpc) is 3.93. The van der Waals surface area contributed by atoms with Gasteiger partial charge in [-0.3, -0.25) is 4.57 Å². The molecule has 0 fully saturated rings. The van der Waals surface area contributed by atoms with Gasteiger partial charge in [0.2, 0.25) is 5.95 Å². The molecule has 4 heterocycles. The Morgan fingerprint density at radius 2 is 0.702 bits per heavy atom. The van der Waals surface area contributed by atoms with Crippen molar-refractivity contribution in [1.82, 2.24) is 23.7 Å². The summed E-state index contributed by atoms with van der Waals surface area (Å²) in [5, 5.41) is 7.08. The van der Waals surface area contributed by atoms with E-state index in [9.17, 15) is 0 Å². The highest BCUT2D eigenvalue weighted by atomic mass is 15.2. The minimum absolute atomic E-state index is 0.630. The van der Waals surface area contributed by atoms with Crippen LogP contribution in [0.5, 0.6) is 0 Å². The van der Waals surface area contributed by atoms with E-state index in [1.165, 1.54) is 27.2 Å². The van der Waals surface area contributed by atoms with E-state index < -0.39 is 0 Å². The second-order valence-electron chi connectivity index (χ2n) is 14.6. The molecule has 0 saturated heterocycles. The van der Waals surface area contributed by atoms with E-state index in [2.05, 4.69) is 202 Å². The Kier molecular flexibility index (Phi) is 6.86. The Labute approximate surface area is 328 Å². The molecular formula is C52H33N5. The van der Waals surface area contributed by atoms with Crippen LogP contribution < -0.4 is 0 Å². The molecule has 5 nitrogen and oxygen atoms in total. The minimum atomic E-state index is 0.630. The molecular weight excluding hydrogens is 695 g/mol. The summed E-state index contributed by atoms with van der Waals surface area (Å²) < 4.78 is 7.19. The summed E-state index contributed by atoms with van der Waals surface area (Å²) in [6.07, 6.45) is 0. The van der Waals surface area contributed by atoms with Gasteiger partial charge in [-0.25, -0.2) is 9.97 Å². The molecule has 57 heavy (non-hydrogen) atoms. The van der Waals surface area contributed by atoms with E-state index in [4.69, 9.17) is 9.97 Å². The summed E-state index contributed by atoms with van der Waals surface area (Å²) >= 11 is 0. The molecule has 0 bridgehead atoms. The predicted octanol–water partition coefficient (Wildman–Crippen LogP) is 13.1. The van der Waals surface area contributed by atoms with Crippen LogP contribution in [-0.4, -0.2) is 23.7 Å². The van der Waals surface area contributed by atoms with Gasteiger partial charge in [0.05, 0.1) is 44.5 Å². The van der Waals surface area contributed by atoms with Crippen LogP contribution >= 0.6 is 0 Å². The Morgan fingerprint density at radius 1 is 0.298 bits per heavy atom. The molecule has 266 valence electrons. The van der Waals surface area contributed by atoms with E-state index in [1.54, 1.807) is 0 Å². The maximum Gasteiger partial charge on any atom is 0.235 e. The van der Waals surface area contributed by atoms with Gasteiger partial charge in [0.15, 0.2) is 0 Å². The average molecular weight is 728 g/mol. The molecule has 0 saturated carbocycles. The van der Waals surface area contributed by atoms with E-state index in [0.717, 1.165) is 72.1 Å². The van der Waals surface area contributed by atoms with E-state index in [1.807, 2.05) is 12.1 Å². The zero-order valence-electron chi connectivity index (χ0n) is 30.8. The summed E-state index contributed by atoms with van der Waals surface area (Å²) in [4.78, 5) is 10.9. The highest BCUT2D eigenvalue weighted by Gasteiger charge is 2.26. The summed E-state index contributed by atoms with van der Waals surface area (Å²) in [5.41, 5.74) is 12.8. The molecule has 0 aliphatic rings. The molecule has 0 amide bonds. The molecule has 0 atom stereocenters. The first-order chi connectivity index (χ1) is 28.3. The third-order valence-corrected chi connectivity index (χ3v) is 11.4. The van der Waals surface area contributed by atoms with Crippen molar-refractivity contribution >= 4 is 65.4 Å². The maximum atomic E-state index is 5.43. The van der Waals surface area contributed by atoms with Crippen molar-refractivity contribution in [3.8, 4) is 39.8 Å². The molecule has 0 aliphatic carbocycles. The Bertz CT molecular complexity index is 3430. The lowest BCUT2D eigenvalue weighted by Gasteiger charge is -2.13. The van der Waals surface area contributed by atoms with Crippen LogP contribution in [-0.2, 0) is 0 Å². The molecule has 0 radical (unpaired) electrons. The van der Waals surface area contributed by atoms with Gasteiger partial charge in [-0.1, -0.05) is 146 Å². The normalized spacial score (nSPS) is 11.9. The van der Waals surface area contributed by atoms with Crippen LogP contribution in [0.15, 0.2) is 200 Å². The van der Waals surface area contributed by atoms with Gasteiger partial charge in [0.1, 0.15) is 0 Å². The van der Waals surface area contributed by atoms with Gasteiger partial charge >= 0.3 is 0 Å². The van der Waals surface area contributed by atoms with E-state index in [-0.39, 0.29) is 0 Å². The van der Waals surface area contributed by atoms with Gasteiger partial charge < -0.3 is 9.13 Å². The van der Waals surface area contributed by atoms with Crippen molar-refractivity contribution in [1.29, 1.82) is 0 Å². The smallest absolute Gasteiger partial charge is 0.235 e. The lowest BCUT2D eigenvalue weighted by molar-refractivity contribution is 0.998. The van der Waals surface area contributed by atoms with Gasteiger partial charge in [-0.2, -0.15) is 0 Å². The monoisotopic (exact) mass is 727 g/mol. The van der Waals surface area contributed by atoms with E-state index in [0.29, 0.717) is 5.95 Å². The zero-order valence-corrected chi connectivity index (χ0v) is 30.8. The molecule has 12 rings (SSSR count). The molecule has 0 N–H and O–H groups in total. The Balaban J connectivity index is 1.33. The number of para-hydroxylation sites is 4. The summed E-state index contributed by atoms with van der Waals surface area (Å²) in [6.45, 7) is 0. The minimum Gasteiger partial charge on any atom is -0.309 e. The summed E-state index contributed by atoms with van der Waals surface area (Å²) in [5.74, 6) is 0.630. The fourth-order valence-corrected chi connectivity index (χ4v) is 9.05. The fourth-order valence-electron chi connectivity index (χ4n) is 9.05. The highest BCUT2D eigenvalue weighted by molar-refractivity contribution is 6.33. The zero-order chi connectivity index (χ0) is 37.5. The summed E-state index contributed by atoms with van der Waals surface area (Å²) in [7, 11) is 0. The second-order valence-corrected chi connectivity index (χ2v) is 14.6. The van der Waals surface area contributed by atoms with Crippen molar-refractivity contribution < 1.29 is 0 Å². The first kappa shape index (κ1) is 31.6. The Hall–Kier alpha value is -7.76. The molecule has 0 spiro atoms. The van der Waals surface area contributed by atoms with Crippen LogP contribution in [0, 0.1) is 0 Å². The molecule has 0 unspecified atom stereocenters. The number of hydrogen-bond acceptors (Lipinski definition) is 2. The van der Waals surface area contributed by atoms with Crippen molar-refractivity contribution in [3.05, 3.63) is 200 Å². The van der Waals surface area contributed by atoms with Gasteiger partial charge in [-0.05, 0) is 54.6 Å². The van der Waals surface area contributed by atoms with Gasteiger partial charge in [0, 0.05) is 54.8 Å².